The maximum absolute atomic E-state index is 13.2. The van der Waals surface area contributed by atoms with E-state index >= 15 is 0 Å². The number of aromatic nitrogens is 2. The van der Waals surface area contributed by atoms with Crippen molar-refractivity contribution in [2.24, 2.45) is 11.7 Å². The quantitative estimate of drug-likeness (QED) is 0.340. The van der Waals surface area contributed by atoms with Crippen LogP contribution in [0.3, 0.4) is 0 Å². The smallest absolute Gasteiger partial charge is 0.222 e. The molecule has 2 aromatic heterocycles. The maximum atomic E-state index is 13.2. The molecular formula is C31H34N4O4. The third-order valence-electron chi connectivity index (χ3n) is 7.36. The number of benzene rings is 2. The monoisotopic (exact) mass is 526 g/mol. The standard InChI is InChI=1S/C31H34N4O4/c1-3-39-26-9-4-6-22(18-26)24-10-12-28-33-30(23-7-5-8-25(19-23)38-2)27(35(28)20-24)11-13-29(36)34-16-14-21(15-17-34)31(32)37/h4-10,12,18-21H,3,11,13-17H2,1-2H3,(H2,32,37). The zero-order valence-corrected chi connectivity index (χ0v) is 22.4. The minimum Gasteiger partial charge on any atom is -0.497 e. The number of fused-ring (bicyclic) bond motifs is 1. The Morgan fingerprint density at radius 1 is 0.974 bits per heavy atom. The Bertz CT molecular complexity index is 1490. The second-order valence-electron chi connectivity index (χ2n) is 9.80. The molecule has 5 rings (SSSR count). The maximum Gasteiger partial charge on any atom is 0.222 e. The van der Waals surface area contributed by atoms with Crippen LogP contribution in [-0.4, -0.2) is 52.9 Å². The van der Waals surface area contributed by atoms with Gasteiger partial charge in [0.05, 0.1) is 25.1 Å². The Kier molecular flexibility index (Phi) is 7.81. The lowest BCUT2D eigenvalue weighted by Gasteiger charge is -2.30. The van der Waals surface area contributed by atoms with Crippen molar-refractivity contribution in [3.63, 3.8) is 0 Å². The molecule has 2 amide bonds. The van der Waals surface area contributed by atoms with Crippen LogP contribution >= 0.6 is 0 Å². The average Bonchev–Trinajstić information content (AvgIpc) is 3.34. The molecule has 3 heterocycles. The fraction of sp³-hybridized carbons (Fsp3) is 0.323. The summed E-state index contributed by atoms with van der Waals surface area (Å²) in [6.45, 7) is 3.69. The largest absolute Gasteiger partial charge is 0.497 e. The molecule has 1 saturated heterocycles. The summed E-state index contributed by atoms with van der Waals surface area (Å²) in [5.41, 5.74) is 11.1. The number of hydrogen-bond acceptors (Lipinski definition) is 5. The van der Waals surface area contributed by atoms with Gasteiger partial charge in [-0.05, 0) is 73.7 Å². The van der Waals surface area contributed by atoms with Gasteiger partial charge in [0.15, 0.2) is 0 Å². The third kappa shape index (κ3) is 5.74. The number of nitrogens with two attached hydrogens (primary N) is 1. The highest BCUT2D eigenvalue weighted by Gasteiger charge is 2.26. The van der Waals surface area contributed by atoms with E-state index in [9.17, 15) is 9.59 Å². The Hall–Kier alpha value is -4.33. The summed E-state index contributed by atoms with van der Waals surface area (Å²) in [6, 6.07) is 19.9. The highest BCUT2D eigenvalue weighted by molar-refractivity contribution is 5.79. The SMILES string of the molecule is CCOc1cccc(-c2ccc3nc(-c4cccc(OC)c4)c(CCC(=O)N4CCC(C(N)=O)CC4)n3c2)c1. The van der Waals surface area contributed by atoms with Crippen LogP contribution in [0.1, 0.15) is 31.9 Å². The molecule has 39 heavy (non-hydrogen) atoms. The van der Waals surface area contributed by atoms with Crippen LogP contribution in [0.25, 0.3) is 28.0 Å². The number of hydrogen-bond donors (Lipinski definition) is 1. The average molecular weight is 527 g/mol. The van der Waals surface area contributed by atoms with Gasteiger partial charge in [-0.15, -0.1) is 0 Å². The van der Waals surface area contributed by atoms with Gasteiger partial charge < -0.3 is 24.5 Å². The van der Waals surface area contributed by atoms with Crippen molar-refractivity contribution in [2.45, 2.75) is 32.6 Å². The lowest BCUT2D eigenvalue weighted by atomic mass is 9.96. The fourth-order valence-electron chi connectivity index (χ4n) is 5.23. The van der Waals surface area contributed by atoms with Gasteiger partial charge >= 0.3 is 0 Å². The van der Waals surface area contributed by atoms with Crippen LogP contribution in [0.2, 0.25) is 0 Å². The number of piperidine rings is 1. The van der Waals surface area contributed by atoms with Gasteiger partial charge in [-0.3, -0.25) is 9.59 Å². The molecule has 8 nitrogen and oxygen atoms in total. The highest BCUT2D eigenvalue weighted by atomic mass is 16.5. The zero-order chi connectivity index (χ0) is 27.4. The lowest BCUT2D eigenvalue weighted by Crippen LogP contribution is -2.41. The number of aryl methyl sites for hydroxylation is 1. The molecule has 1 aliphatic rings. The van der Waals surface area contributed by atoms with Crippen molar-refractivity contribution in [1.82, 2.24) is 14.3 Å². The Morgan fingerprint density at radius 3 is 2.41 bits per heavy atom. The van der Waals surface area contributed by atoms with Gasteiger partial charge in [0.25, 0.3) is 0 Å². The normalized spacial score (nSPS) is 13.9. The number of nitrogens with zero attached hydrogens (tertiary/aromatic N) is 3. The molecule has 2 N–H and O–H groups in total. The summed E-state index contributed by atoms with van der Waals surface area (Å²) < 4.78 is 13.3. The minimum absolute atomic E-state index is 0.0741. The van der Waals surface area contributed by atoms with Crippen LogP contribution < -0.4 is 15.2 Å². The van der Waals surface area contributed by atoms with Crippen molar-refractivity contribution in [1.29, 1.82) is 0 Å². The predicted octanol–water partition coefficient (Wildman–Crippen LogP) is 4.73. The number of amides is 2. The molecule has 8 heteroatoms. The van der Waals surface area contributed by atoms with E-state index in [1.165, 1.54) is 0 Å². The molecule has 0 atom stereocenters. The van der Waals surface area contributed by atoms with Crippen molar-refractivity contribution in [3.8, 4) is 33.9 Å². The van der Waals surface area contributed by atoms with Crippen molar-refractivity contribution in [2.75, 3.05) is 26.8 Å². The number of pyridine rings is 1. The van der Waals surface area contributed by atoms with E-state index in [0.717, 1.165) is 45.2 Å². The molecule has 0 aliphatic carbocycles. The van der Waals surface area contributed by atoms with Gasteiger partial charge in [0.1, 0.15) is 17.1 Å². The number of methoxy groups -OCH3 is 1. The highest BCUT2D eigenvalue weighted by Crippen LogP contribution is 2.31. The zero-order valence-electron chi connectivity index (χ0n) is 22.4. The van der Waals surface area contributed by atoms with Crippen LogP contribution in [-0.2, 0) is 16.0 Å². The van der Waals surface area contributed by atoms with Gasteiger partial charge in [-0.25, -0.2) is 4.98 Å². The summed E-state index contributed by atoms with van der Waals surface area (Å²) in [5.74, 6) is 1.22. The Balaban J connectivity index is 1.48. The fourth-order valence-corrected chi connectivity index (χ4v) is 5.23. The summed E-state index contributed by atoms with van der Waals surface area (Å²) in [6.07, 6.45) is 4.18. The topological polar surface area (TPSA) is 99.2 Å². The second kappa shape index (κ2) is 11.6. The van der Waals surface area contributed by atoms with E-state index in [1.807, 2.05) is 60.4 Å². The summed E-state index contributed by atoms with van der Waals surface area (Å²) in [5, 5.41) is 0. The first-order chi connectivity index (χ1) is 19.0. The number of primary amides is 1. The van der Waals surface area contributed by atoms with Crippen molar-refractivity contribution < 1.29 is 19.1 Å². The molecule has 202 valence electrons. The molecule has 1 fully saturated rings. The lowest BCUT2D eigenvalue weighted by molar-refractivity contribution is -0.134. The van der Waals surface area contributed by atoms with E-state index in [2.05, 4.69) is 22.7 Å². The first kappa shape index (κ1) is 26.3. The van der Waals surface area contributed by atoms with Crippen LogP contribution in [0, 0.1) is 5.92 Å². The van der Waals surface area contributed by atoms with Gasteiger partial charge in [-0.1, -0.05) is 24.3 Å². The molecule has 0 bridgehead atoms. The number of ether oxygens (including phenoxy) is 2. The molecule has 4 aromatic rings. The Morgan fingerprint density at radius 2 is 1.69 bits per heavy atom. The number of carbonyl (C=O) groups is 2. The molecule has 1 aliphatic heterocycles. The number of carbonyl (C=O) groups excluding carboxylic acids is 2. The van der Waals surface area contributed by atoms with Crippen molar-refractivity contribution >= 4 is 17.5 Å². The third-order valence-corrected chi connectivity index (χ3v) is 7.36. The molecular weight excluding hydrogens is 492 g/mol. The minimum atomic E-state index is -0.279. The summed E-state index contributed by atoms with van der Waals surface area (Å²) in [7, 11) is 1.65. The summed E-state index contributed by atoms with van der Waals surface area (Å²) >= 11 is 0. The van der Waals surface area contributed by atoms with Gasteiger partial charge in [0.2, 0.25) is 11.8 Å². The summed E-state index contributed by atoms with van der Waals surface area (Å²) in [4.78, 5) is 31.5. The van der Waals surface area contributed by atoms with E-state index in [1.54, 1.807) is 7.11 Å². The number of likely N-dealkylation sites (tertiary alicyclic amines) is 1. The first-order valence-corrected chi connectivity index (χ1v) is 13.4. The first-order valence-electron chi connectivity index (χ1n) is 13.4. The predicted molar refractivity (Wildman–Crippen MR) is 151 cm³/mol. The number of imidazole rings is 1. The Labute approximate surface area is 228 Å². The van der Waals surface area contributed by atoms with Crippen molar-refractivity contribution in [3.05, 3.63) is 72.6 Å². The molecule has 2 aromatic carbocycles. The van der Waals surface area contributed by atoms with E-state index in [-0.39, 0.29) is 17.7 Å². The van der Waals surface area contributed by atoms with Gasteiger partial charge in [-0.2, -0.15) is 0 Å². The second-order valence-corrected chi connectivity index (χ2v) is 9.80. The molecule has 0 unspecified atom stereocenters. The van der Waals surface area contributed by atoms with E-state index in [4.69, 9.17) is 20.2 Å². The van der Waals surface area contributed by atoms with E-state index < -0.39 is 0 Å². The molecule has 0 spiro atoms. The van der Waals surface area contributed by atoms with Gasteiger partial charge in [0, 0.05) is 37.2 Å². The molecule has 0 radical (unpaired) electrons. The van der Waals surface area contributed by atoms with E-state index in [0.29, 0.717) is 45.4 Å². The van der Waals surface area contributed by atoms with Crippen LogP contribution in [0.4, 0.5) is 0 Å². The van der Waals surface area contributed by atoms with Crippen LogP contribution in [0.15, 0.2) is 66.9 Å². The molecule has 0 saturated carbocycles. The van der Waals surface area contributed by atoms with Crippen LogP contribution in [0.5, 0.6) is 11.5 Å². The number of rotatable bonds is 9.